The van der Waals surface area contributed by atoms with Crippen LogP contribution in [-0.4, -0.2) is 0 Å². The summed E-state index contributed by atoms with van der Waals surface area (Å²) in [7, 11) is 0. The van der Waals surface area contributed by atoms with Crippen LogP contribution >= 0.6 is 0 Å². The molecule has 1 aromatic carbocycles. The van der Waals surface area contributed by atoms with Gasteiger partial charge in [-0.25, -0.2) is 0 Å². The molecule has 2 nitrogen and oxygen atoms in total. The topological polar surface area (TPSA) is 38.0 Å². The third-order valence-corrected chi connectivity index (χ3v) is 4.78. The third kappa shape index (κ3) is 2.45. The average molecular weight is 246 g/mol. The lowest BCUT2D eigenvalue weighted by Gasteiger charge is -2.37. The zero-order chi connectivity index (χ0) is 13.0. The number of rotatable bonds is 5. The number of benzene rings is 1. The van der Waals surface area contributed by atoms with Crippen LogP contribution in [0.5, 0.6) is 0 Å². The highest BCUT2D eigenvalue weighted by Crippen LogP contribution is 2.49. The molecule has 0 radical (unpaired) electrons. The van der Waals surface area contributed by atoms with Gasteiger partial charge in [0.05, 0.1) is 6.04 Å². The monoisotopic (exact) mass is 246 g/mol. The van der Waals surface area contributed by atoms with E-state index in [9.17, 15) is 0 Å². The van der Waals surface area contributed by atoms with E-state index in [0.29, 0.717) is 11.5 Å². The normalized spacial score (nSPS) is 19.9. The van der Waals surface area contributed by atoms with Crippen molar-refractivity contribution in [3.05, 3.63) is 35.4 Å². The molecule has 2 rings (SSSR count). The zero-order valence-corrected chi connectivity index (χ0v) is 11.7. The molecule has 1 aliphatic carbocycles. The molecule has 0 saturated heterocycles. The Hall–Kier alpha value is -0.860. The molecule has 1 atom stereocenters. The predicted octanol–water partition coefficient (Wildman–Crippen LogP) is 3.72. The van der Waals surface area contributed by atoms with E-state index in [1.54, 1.807) is 0 Å². The summed E-state index contributed by atoms with van der Waals surface area (Å²) in [4.78, 5) is 0. The number of nitrogens with two attached hydrogens (primary N) is 1. The molecule has 0 amide bonds. The molecule has 1 saturated carbocycles. The summed E-state index contributed by atoms with van der Waals surface area (Å²) in [6.45, 7) is 4.51. The van der Waals surface area contributed by atoms with E-state index in [4.69, 9.17) is 5.84 Å². The third-order valence-electron chi connectivity index (χ3n) is 4.78. The van der Waals surface area contributed by atoms with Gasteiger partial charge in [0.1, 0.15) is 0 Å². The second-order valence-corrected chi connectivity index (χ2v) is 5.62. The Kier molecular flexibility index (Phi) is 4.41. The van der Waals surface area contributed by atoms with Gasteiger partial charge in [0.2, 0.25) is 0 Å². The van der Waals surface area contributed by atoms with Gasteiger partial charge in [0, 0.05) is 0 Å². The summed E-state index contributed by atoms with van der Waals surface area (Å²) in [6.07, 6.45) is 7.59. The molecule has 0 aromatic heterocycles. The van der Waals surface area contributed by atoms with E-state index in [-0.39, 0.29) is 0 Å². The van der Waals surface area contributed by atoms with Crippen molar-refractivity contribution in [3.63, 3.8) is 0 Å². The molecule has 0 heterocycles. The first-order valence-electron chi connectivity index (χ1n) is 7.30. The molecule has 2 heteroatoms. The standard InChI is InChI=1S/C16H26N2/c1-3-13-8-7-9-14(12-13)15(18-17)16(4-2)10-5-6-11-16/h7-9,12,15,18H,3-6,10-11,17H2,1-2H3. The van der Waals surface area contributed by atoms with Crippen LogP contribution in [0.2, 0.25) is 0 Å². The van der Waals surface area contributed by atoms with E-state index in [1.807, 2.05) is 0 Å². The number of aryl methyl sites for hydroxylation is 1. The Morgan fingerprint density at radius 3 is 2.56 bits per heavy atom. The lowest BCUT2D eigenvalue weighted by molar-refractivity contribution is 0.188. The van der Waals surface area contributed by atoms with Crippen molar-refractivity contribution < 1.29 is 0 Å². The van der Waals surface area contributed by atoms with Gasteiger partial charge in [-0.15, -0.1) is 0 Å². The van der Waals surface area contributed by atoms with Gasteiger partial charge in [-0.3, -0.25) is 11.3 Å². The second kappa shape index (κ2) is 5.85. The van der Waals surface area contributed by atoms with Crippen LogP contribution in [0.1, 0.15) is 63.1 Å². The molecule has 0 spiro atoms. The molecular formula is C16H26N2. The van der Waals surface area contributed by atoms with Gasteiger partial charge >= 0.3 is 0 Å². The summed E-state index contributed by atoms with van der Waals surface area (Å²) in [5.74, 6) is 5.89. The zero-order valence-electron chi connectivity index (χ0n) is 11.7. The fourth-order valence-electron chi connectivity index (χ4n) is 3.54. The first kappa shape index (κ1) is 13.6. The van der Waals surface area contributed by atoms with Crippen LogP contribution in [0, 0.1) is 5.41 Å². The van der Waals surface area contributed by atoms with Crippen LogP contribution in [-0.2, 0) is 6.42 Å². The molecule has 0 bridgehead atoms. The minimum absolute atomic E-state index is 0.302. The van der Waals surface area contributed by atoms with Crippen molar-refractivity contribution in [2.45, 2.75) is 58.4 Å². The SMILES string of the molecule is CCc1cccc(C(NN)C2(CC)CCCC2)c1. The summed E-state index contributed by atoms with van der Waals surface area (Å²) < 4.78 is 0. The Bertz CT molecular complexity index is 380. The quantitative estimate of drug-likeness (QED) is 0.614. The van der Waals surface area contributed by atoms with Gasteiger partial charge in [0.15, 0.2) is 0 Å². The lowest BCUT2D eigenvalue weighted by Crippen LogP contribution is -2.40. The lowest BCUT2D eigenvalue weighted by atomic mass is 9.73. The summed E-state index contributed by atoms with van der Waals surface area (Å²) in [5, 5.41) is 0. The minimum atomic E-state index is 0.302. The van der Waals surface area contributed by atoms with Gasteiger partial charge in [-0.05, 0) is 42.2 Å². The van der Waals surface area contributed by atoms with Crippen molar-refractivity contribution >= 4 is 0 Å². The molecule has 18 heavy (non-hydrogen) atoms. The maximum Gasteiger partial charge on any atom is 0.0516 e. The van der Waals surface area contributed by atoms with Crippen LogP contribution in [0.3, 0.4) is 0 Å². The van der Waals surface area contributed by atoms with Crippen LogP contribution in [0.15, 0.2) is 24.3 Å². The molecule has 1 aliphatic rings. The number of hydrazine groups is 1. The fraction of sp³-hybridized carbons (Fsp3) is 0.625. The molecule has 1 aromatic rings. The van der Waals surface area contributed by atoms with Crippen LogP contribution in [0.4, 0.5) is 0 Å². The summed E-state index contributed by atoms with van der Waals surface area (Å²) in [6, 6.07) is 9.21. The van der Waals surface area contributed by atoms with Crippen LogP contribution < -0.4 is 11.3 Å². The molecular weight excluding hydrogens is 220 g/mol. The number of nitrogens with one attached hydrogen (secondary N) is 1. The van der Waals surface area contributed by atoms with E-state index in [0.717, 1.165) is 6.42 Å². The van der Waals surface area contributed by atoms with Crippen molar-refractivity contribution in [3.8, 4) is 0 Å². The maximum absolute atomic E-state index is 5.89. The maximum atomic E-state index is 5.89. The van der Waals surface area contributed by atoms with Crippen molar-refractivity contribution in [1.82, 2.24) is 5.43 Å². The average Bonchev–Trinajstić information content (AvgIpc) is 2.90. The highest BCUT2D eigenvalue weighted by atomic mass is 15.2. The Labute approximate surface area is 111 Å². The van der Waals surface area contributed by atoms with Crippen molar-refractivity contribution in [2.24, 2.45) is 11.3 Å². The molecule has 100 valence electrons. The van der Waals surface area contributed by atoms with E-state index < -0.39 is 0 Å². The first-order valence-corrected chi connectivity index (χ1v) is 7.30. The van der Waals surface area contributed by atoms with E-state index >= 15 is 0 Å². The largest absolute Gasteiger partial charge is 0.271 e. The molecule has 0 aliphatic heterocycles. The van der Waals surface area contributed by atoms with E-state index in [2.05, 4.69) is 43.5 Å². The Morgan fingerprint density at radius 2 is 2.00 bits per heavy atom. The minimum Gasteiger partial charge on any atom is -0.271 e. The molecule has 3 N–H and O–H groups in total. The van der Waals surface area contributed by atoms with Crippen LogP contribution in [0.25, 0.3) is 0 Å². The van der Waals surface area contributed by atoms with E-state index in [1.165, 1.54) is 43.2 Å². The number of hydrogen-bond acceptors (Lipinski definition) is 2. The Morgan fingerprint density at radius 1 is 1.28 bits per heavy atom. The highest BCUT2D eigenvalue weighted by Gasteiger charge is 2.40. The second-order valence-electron chi connectivity index (χ2n) is 5.62. The molecule has 1 unspecified atom stereocenters. The summed E-state index contributed by atoms with van der Waals surface area (Å²) in [5.41, 5.74) is 6.23. The smallest absolute Gasteiger partial charge is 0.0516 e. The van der Waals surface area contributed by atoms with Gasteiger partial charge < -0.3 is 0 Å². The molecule has 1 fully saturated rings. The fourth-order valence-corrected chi connectivity index (χ4v) is 3.54. The first-order chi connectivity index (χ1) is 8.75. The highest BCUT2D eigenvalue weighted by molar-refractivity contribution is 5.28. The predicted molar refractivity (Wildman–Crippen MR) is 77.1 cm³/mol. The number of hydrogen-bond donors (Lipinski definition) is 2. The van der Waals surface area contributed by atoms with Gasteiger partial charge in [-0.2, -0.15) is 0 Å². The van der Waals surface area contributed by atoms with Crippen molar-refractivity contribution in [2.75, 3.05) is 0 Å². The van der Waals surface area contributed by atoms with Crippen molar-refractivity contribution in [1.29, 1.82) is 0 Å². The van der Waals surface area contributed by atoms with Gasteiger partial charge in [0.25, 0.3) is 0 Å². The summed E-state index contributed by atoms with van der Waals surface area (Å²) >= 11 is 0. The Balaban J connectivity index is 2.31. The van der Waals surface area contributed by atoms with Gasteiger partial charge in [-0.1, -0.05) is 51.0 Å².